The molecular formula is C11H11BrN4O. The molecule has 1 heterocycles. The Morgan fingerprint density at radius 2 is 2.06 bits per heavy atom. The fourth-order valence-corrected chi connectivity index (χ4v) is 2.01. The zero-order valence-corrected chi connectivity index (χ0v) is 10.7. The van der Waals surface area contributed by atoms with Gasteiger partial charge in [-0.2, -0.15) is 0 Å². The molecule has 2 aromatic rings. The fraction of sp³-hybridized carbons (Fsp3) is 0.0909. The number of benzene rings is 1. The lowest BCUT2D eigenvalue weighted by molar-refractivity contribution is 0.412. The highest BCUT2D eigenvalue weighted by molar-refractivity contribution is 9.10. The Balaban J connectivity index is 2.49. The summed E-state index contributed by atoms with van der Waals surface area (Å²) in [5, 5.41) is 0. The second kappa shape index (κ2) is 5.11. The van der Waals surface area contributed by atoms with Crippen LogP contribution in [0.1, 0.15) is 0 Å². The summed E-state index contributed by atoms with van der Waals surface area (Å²) in [6.45, 7) is 0. The minimum absolute atomic E-state index is 0.532. The number of nitrogens with one attached hydrogen (secondary N) is 1. The molecule has 3 N–H and O–H groups in total. The topological polar surface area (TPSA) is 73.1 Å². The fourth-order valence-electron chi connectivity index (χ4n) is 1.47. The van der Waals surface area contributed by atoms with Crippen LogP contribution in [0, 0.1) is 0 Å². The summed E-state index contributed by atoms with van der Waals surface area (Å²) in [6, 6.07) is 5.66. The summed E-state index contributed by atoms with van der Waals surface area (Å²) < 4.78 is 6.02. The number of nitrogens with zero attached hydrogens (tertiary/aromatic N) is 2. The van der Waals surface area contributed by atoms with E-state index in [1.54, 1.807) is 19.5 Å². The Labute approximate surface area is 107 Å². The first-order valence-electron chi connectivity index (χ1n) is 4.88. The van der Waals surface area contributed by atoms with Crippen LogP contribution in [-0.4, -0.2) is 17.1 Å². The maximum absolute atomic E-state index is 5.39. The molecule has 5 nitrogen and oxygen atoms in total. The number of rotatable bonds is 3. The van der Waals surface area contributed by atoms with E-state index in [4.69, 9.17) is 10.6 Å². The molecule has 2 rings (SSSR count). The Kier molecular flexibility index (Phi) is 3.55. The predicted octanol–water partition coefficient (Wildman–Crippen LogP) is 2.20. The van der Waals surface area contributed by atoms with Crippen molar-refractivity contribution in [3.05, 3.63) is 35.1 Å². The number of nitrogens with two attached hydrogens (primary N) is 1. The Morgan fingerprint density at radius 1 is 1.29 bits per heavy atom. The summed E-state index contributed by atoms with van der Waals surface area (Å²) in [7, 11) is 1.62. The molecule has 0 aliphatic carbocycles. The summed E-state index contributed by atoms with van der Waals surface area (Å²) in [5.41, 5.74) is 4.12. The van der Waals surface area contributed by atoms with Gasteiger partial charge in [0.1, 0.15) is 11.4 Å². The number of hydrogen-bond donors (Lipinski definition) is 2. The normalized spacial score (nSPS) is 10.1. The maximum atomic E-state index is 5.39. The third kappa shape index (κ3) is 2.37. The van der Waals surface area contributed by atoms with Gasteiger partial charge in [0.15, 0.2) is 5.82 Å². The highest BCUT2D eigenvalue weighted by Gasteiger charge is 2.09. The monoisotopic (exact) mass is 294 g/mol. The molecule has 0 amide bonds. The van der Waals surface area contributed by atoms with Crippen LogP contribution in [0.5, 0.6) is 5.75 Å². The number of anilines is 1. The molecular weight excluding hydrogens is 284 g/mol. The number of halogens is 1. The summed E-state index contributed by atoms with van der Waals surface area (Å²) in [4.78, 5) is 8.35. The highest BCUT2D eigenvalue weighted by Crippen LogP contribution is 2.31. The molecule has 0 spiro atoms. The van der Waals surface area contributed by atoms with Crippen LogP contribution in [-0.2, 0) is 0 Å². The lowest BCUT2D eigenvalue weighted by Gasteiger charge is -2.08. The molecule has 0 aliphatic rings. The van der Waals surface area contributed by atoms with E-state index >= 15 is 0 Å². The molecule has 0 saturated carbocycles. The van der Waals surface area contributed by atoms with Crippen LogP contribution in [0.25, 0.3) is 11.3 Å². The molecule has 0 unspecified atom stereocenters. The second-order valence-corrected chi connectivity index (χ2v) is 4.10. The van der Waals surface area contributed by atoms with Crippen LogP contribution >= 0.6 is 15.9 Å². The molecule has 0 atom stereocenters. The van der Waals surface area contributed by atoms with Crippen molar-refractivity contribution in [3.63, 3.8) is 0 Å². The zero-order valence-electron chi connectivity index (χ0n) is 9.14. The van der Waals surface area contributed by atoms with Crippen molar-refractivity contribution >= 4 is 21.7 Å². The average molecular weight is 295 g/mol. The predicted molar refractivity (Wildman–Crippen MR) is 69.5 cm³/mol. The zero-order chi connectivity index (χ0) is 12.3. The standard InChI is InChI=1S/C11H11BrN4O/c1-17-9-3-2-7(6-8(9)12)10-11(16-13)15-5-4-14-10/h2-6H,13H2,1H3,(H,15,16). The first kappa shape index (κ1) is 11.8. The van der Waals surface area contributed by atoms with Gasteiger partial charge in [-0.25, -0.2) is 10.8 Å². The van der Waals surface area contributed by atoms with Gasteiger partial charge in [0, 0.05) is 18.0 Å². The van der Waals surface area contributed by atoms with Crippen molar-refractivity contribution in [1.29, 1.82) is 0 Å². The number of nitrogen functional groups attached to an aromatic ring is 1. The molecule has 0 radical (unpaired) electrons. The smallest absolute Gasteiger partial charge is 0.166 e. The summed E-state index contributed by atoms with van der Waals surface area (Å²) >= 11 is 3.43. The van der Waals surface area contributed by atoms with Gasteiger partial charge in [-0.05, 0) is 34.1 Å². The van der Waals surface area contributed by atoms with Crippen molar-refractivity contribution < 1.29 is 4.74 Å². The van der Waals surface area contributed by atoms with Gasteiger partial charge >= 0.3 is 0 Å². The van der Waals surface area contributed by atoms with Gasteiger partial charge in [-0.1, -0.05) is 0 Å². The molecule has 88 valence electrons. The molecule has 0 fully saturated rings. The number of hydrogen-bond acceptors (Lipinski definition) is 5. The van der Waals surface area contributed by atoms with Gasteiger partial charge in [0.05, 0.1) is 11.6 Å². The van der Waals surface area contributed by atoms with E-state index in [1.807, 2.05) is 18.2 Å². The van der Waals surface area contributed by atoms with E-state index < -0.39 is 0 Å². The van der Waals surface area contributed by atoms with Crippen LogP contribution in [0.2, 0.25) is 0 Å². The molecule has 6 heteroatoms. The SMILES string of the molecule is COc1ccc(-c2nccnc2NN)cc1Br. The van der Waals surface area contributed by atoms with Crippen molar-refractivity contribution in [2.45, 2.75) is 0 Å². The summed E-state index contributed by atoms with van der Waals surface area (Å²) in [6.07, 6.45) is 3.20. The van der Waals surface area contributed by atoms with Crippen molar-refractivity contribution in [3.8, 4) is 17.0 Å². The molecule has 0 aliphatic heterocycles. The minimum atomic E-state index is 0.532. The number of hydrazine groups is 1. The number of aromatic nitrogens is 2. The average Bonchev–Trinajstić information content (AvgIpc) is 2.38. The maximum Gasteiger partial charge on any atom is 0.166 e. The van der Waals surface area contributed by atoms with Crippen LogP contribution in [0.3, 0.4) is 0 Å². The quantitative estimate of drug-likeness (QED) is 0.671. The van der Waals surface area contributed by atoms with E-state index in [1.165, 1.54) is 0 Å². The molecule has 0 bridgehead atoms. The first-order valence-corrected chi connectivity index (χ1v) is 5.67. The Morgan fingerprint density at radius 3 is 2.71 bits per heavy atom. The van der Waals surface area contributed by atoms with Gasteiger partial charge in [-0.3, -0.25) is 4.98 Å². The van der Waals surface area contributed by atoms with E-state index in [0.717, 1.165) is 15.8 Å². The van der Waals surface area contributed by atoms with Crippen molar-refractivity contribution in [2.75, 3.05) is 12.5 Å². The van der Waals surface area contributed by atoms with Gasteiger partial charge < -0.3 is 10.2 Å². The Hall–Kier alpha value is -1.66. The molecule has 0 saturated heterocycles. The molecule has 1 aromatic carbocycles. The summed E-state index contributed by atoms with van der Waals surface area (Å²) in [5.74, 6) is 6.69. The van der Waals surface area contributed by atoms with E-state index in [-0.39, 0.29) is 0 Å². The van der Waals surface area contributed by atoms with E-state index in [2.05, 4.69) is 31.3 Å². The molecule has 1 aromatic heterocycles. The third-order valence-corrected chi connectivity index (χ3v) is 2.88. The van der Waals surface area contributed by atoms with Crippen LogP contribution in [0.4, 0.5) is 5.82 Å². The Bertz CT molecular complexity index is 533. The van der Waals surface area contributed by atoms with E-state index in [9.17, 15) is 0 Å². The highest BCUT2D eigenvalue weighted by atomic mass is 79.9. The minimum Gasteiger partial charge on any atom is -0.496 e. The van der Waals surface area contributed by atoms with Crippen LogP contribution < -0.4 is 16.0 Å². The van der Waals surface area contributed by atoms with Gasteiger partial charge in [0.2, 0.25) is 0 Å². The number of methoxy groups -OCH3 is 1. The van der Waals surface area contributed by atoms with E-state index in [0.29, 0.717) is 11.5 Å². The third-order valence-electron chi connectivity index (χ3n) is 2.26. The lowest BCUT2D eigenvalue weighted by Crippen LogP contribution is -2.10. The molecule has 17 heavy (non-hydrogen) atoms. The van der Waals surface area contributed by atoms with Crippen molar-refractivity contribution in [2.24, 2.45) is 5.84 Å². The van der Waals surface area contributed by atoms with Gasteiger partial charge in [0.25, 0.3) is 0 Å². The van der Waals surface area contributed by atoms with Gasteiger partial charge in [-0.15, -0.1) is 0 Å². The number of ether oxygens (including phenoxy) is 1. The second-order valence-electron chi connectivity index (χ2n) is 3.25. The van der Waals surface area contributed by atoms with Crippen LogP contribution in [0.15, 0.2) is 35.1 Å². The lowest BCUT2D eigenvalue weighted by atomic mass is 10.1. The first-order chi connectivity index (χ1) is 8.26. The van der Waals surface area contributed by atoms with Crippen molar-refractivity contribution in [1.82, 2.24) is 9.97 Å². The largest absolute Gasteiger partial charge is 0.496 e.